The van der Waals surface area contributed by atoms with Crippen LogP contribution >= 0.6 is 0 Å². The minimum absolute atomic E-state index is 0.151. The van der Waals surface area contributed by atoms with Gasteiger partial charge in [-0.05, 0) is 18.6 Å². The molecule has 1 saturated heterocycles. The molecule has 1 aliphatic heterocycles. The highest BCUT2D eigenvalue weighted by molar-refractivity contribution is 5.96. The van der Waals surface area contributed by atoms with Crippen molar-refractivity contribution in [2.75, 3.05) is 19.8 Å². The maximum atomic E-state index is 12.4. The Hall–Kier alpha value is -2.41. The van der Waals surface area contributed by atoms with E-state index in [0.29, 0.717) is 42.1 Å². The second kappa shape index (κ2) is 7.23. The van der Waals surface area contributed by atoms with Crippen LogP contribution in [-0.4, -0.2) is 35.8 Å². The highest BCUT2D eigenvalue weighted by Gasteiger charge is 2.18. The number of rotatable bonds is 6. The lowest BCUT2D eigenvalue weighted by Crippen LogP contribution is -2.29. The molecular weight excluding hydrogens is 298 g/mol. The molecule has 1 aromatic heterocycles. The number of carbonyl (C=O) groups excluding carboxylic acids is 1. The van der Waals surface area contributed by atoms with Crippen LogP contribution in [0.25, 0.3) is 0 Å². The van der Waals surface area contributed by atoms with Crippen molar-refractivity contribution in [2.24, 2.45) is 5.92 Å². The Morgan fingerprint density at radius 2 is 2.30 bits per heavy atom. The van der Waals surface area contributed by atoms with Crippen LogP contribution in [0, 0.1) is 12.8 Å². The fourth-order valence-corrected chi connectivity index (χ4v) is 2.40. The van der Waals surface area contributed by atoms with Gasteiger partial charge in [0.25, 0.3) is 5.91 Å². The Kier molecular flexibility index (Phi) is 4.87. The van der Waals surface area contributed by atoms with Crippen LogP contribution in [0.4, 0.5) is 0 Å². The SMILES string of the molecule is Cc1nc(COc2ccccc2C(=O)NCC2CCOC2)no1. The number of benzene rings is 1. The molecule has 0 radical (unpaired) electrons. The number of aromatic nitrogens is 2. The summed E-state index contributed by atoms with van der Waals surface area (Å²) in [5.74, 6) is 1.65. The third-order valence-electron chi connectivity index (χ3n) is 3.63. The molecule has 1 aliphatic rings. The molecule has 1 amide bonds. The number of carbonyl (C=O) groups is 1. The van der Waals surface area contributed by atoms with Gasteiger partial charge in [-0.25, -0.2) is 0 Å². The lowest BCUT2D eigenvalue weighted by atomic mass is 10.1. The van der Waals surface area contributed by atoms with Gasteiger partial charge in [0.05, 0.1) is 12.2 Å². The van der Waals surface area contributed by atoms with E-state index in [4.69, 9.17) is 14.0 Å². The molecule has 3 rings (SSSR count). The number of nitrogens with one attached hydrogen (secondary N) is 1. The van der Waals surface area contributed by atoms with Crippen LogP contribution in [0.15, 0.2) is 28.8 Å². The van der Waals surface area contributed by atoms with E-state index in [1.54, 1.807) is 25.1 Å². The monoisotopic (exact) mass is 317 g/mol. The molecule has 7 nitrogen and oxygen atoms in total. The molecule has 1 unspecified atom stereocenters. The summed E-state index contributed by atoms with van der Waals surface area (Å²) in [6, 6.07) is 7.11. The van der Waals surface area contributed by atoms with Gasteiger partial charge >= 0.3 is 0 Å². The largest absolute Gasteiger partial charge is 0.485 e. The average molecular weight is 317 g/mol. The maximum Gasteiger partial charge on any atom is 0.255 e. The first-order valence-electron chi connectivity index (χ1n) is 7.59. The van der Waals surface area contributed by atoms with E-state index < -0.39 is 0 Å². The van der Waals surface area contributed by atoms with E-state index in [-0.39, 0.29) is 12.5 Å². The molecule has 23 heavy (non-hydrogen) atoms. The van der Waals surface area contributed by atoms with Crippen LogP contribution < -0.4 is 10.1 Å². The molecule has 0 aliphatic carbocycles. The van der Waals surface area contributed by atoms with Crippen LogP contribution in [0.1, 0.15) is 28.5 Å². The van der Waals surface area contributed by atoms with E-state index >= 15 is 0 Å². The highest BCUT2D eigenvalue weighted by atomic mass is 16.5. The van der Waals surface area contributed by atoms with Crippen molar-refractivity contribution in [3.63, 3.8) is 0 Å². The molecule has 0 bridgehead atoms. The van der Waals surface area contributed by atoms with E-state index in [1.165, 1.54) is 0 Å². The quantitative estimate of drug-likeness (QED) is 0.873. The molecule has 2 heterocycles. The van der Waals surface area contributed by atoms with Crippen LogP contribution in [-0.2, 0) is 11.3 Å². The average Bonchev–Trinajstić information content (AvgIpc) is 3.22. The zero-order valence-corrected chi connectivity index (χ0v) is 12.9. The van der Waals surface area contributed by atoms with Crippen LogP contribution in [0.5, 0.6) is 5.75 Å². The Morgan fingerprint density at radius 3 is 3.04 bits per heavy atom. The highest BCUT2D eigenvalue weighted by Crippen LogP contribution is 2.19. The Labute approximate surface area is 134 Å². The van der Waals surface area contributed by atoms with Crippen molar-refractivity contribution >= 4 is 5.91 Å². The zero-order chi connectivity index (χ0) is 16.1. The smallest absolute Gasteiger partial charge is 0.255 e. The number of hydrogen-bond donors (Lipinski definition) is 1. The topological polar surface area (TPSA) is 86.5 Å². The van der Waals surface area contributed by atoms with Gasteiger partial charge in [-0.1, -0.05) is 17.3 Å². The molecular formula is C16H19N3O4. The summed E-state index contributed by atoms with van der Waals surface area (Å²) >= 11 is 0. The number of para-hydroxylation sites is 1. The van der Waals surface area contributed by atoms with Crippen LogP contribution in [0.2, 0.25) is 0 Å². The summed E-state index contributed by atoms with van der Waals surface area (Å²) < 4.78 is 15.9. The van der Waals surface area contributed by atoms with Gasteiger partial charge in [0, 0.05) is 26.0 Å². The summed E-state index contributed by atoms with van der Waals surface area (Å²) in [5, 5.41) is 6.70. The predicted molar refractivity (Wildman–Crippen MR) is 81.1 cm³/mol. The minimum Gasteiger partial charge on any atom is -0.485 e. The number of hydrogen-bond acceptors (Lipinski definition) is 6. The molecule has 1 N–H and O–H groups in total. The number of nitrogens with zero attached hydrogens (tertiary/aromatic N) is 2. The molecule has 1 fully saturated rings. The predicted octanol–water partition coefficient (Wildman–Crippen LogP) is 1.72. The van der Waals surface area contributed by atoms with Crippen molar-refractivity contribution in [2.45, 2.75) is 20.0 Å². The summed E-state index contributed by atoms with van der Waals surface area (Å²) in [6.45, 7) is 3.94. The van der Waals surface area contributed by atoms with E-state index in [1.807, 2.05) is 6.07 Å². The number of aryl methyl sites for hydroxylation is 1. The van der Waals surface area contributed by atoms with Gasteiger partial charge < -0.3 is 19.3 Å². The minimum atomic E-state index is -0.156. The molecule has 1 atom stereocenters. The fourth-order valence-electron chi connectivity index (χ4n) is 2.40. The summed E-state index contributed by atoms with van der Waals surface area (Å²) in [7, 11) is 0. The molecule has 0 spiro atoms. The van der Waals surface area contributed by atoms with E-state index in [9.17, 15) is 4.79 Å². The van der Waals surface area contributed by atoms with Gasteiger partial charge in [-0.3, -0.25) is 4.79 Å². The first-order chi connectivity index (χ1) is 11.2. The summed E-state index contributed by atoms with van der Waals surface area (Å²) in [5.41, 5.74) is 0.492. The second-order valence-electron chi connectivity index (χ2n) is 5.45. The first kappa shape index (κ1) is 15.5. The lowest BCUT2D eigenvalue weighted by molar-refractivity contribution is 0.0940. The van der Waals surface area contributed by atoms with Crippen molar-refractivity contribution in [1.82, 2.24) is 15.5 Å². The normalized spacial score (nSPS) is 17.2. The third kappa shape index (κ3) is 4.07. The van der Waals surface area contributed by atoms with Crippen molar-refractivity contribution in [1.29, 1.82) is 0 Å². The van der Waals surface area contributed by atoms with Gasteiger partial charge in [-0.15, -0.1) is 0 Å². The van der Waals surface area contributed by atoms with E-state index in [0.717, 1.165) is 13.0 Å². The van der Waals surface area contributed by atoms with Gasteiger partial charge in [0.2, 0.25) is 11.7 Å². The molecule has 2 aromatic rings. The standard InChI is InChI=1S/C16H19N3O4/c1-11-18-15(19-23-11)10-22-14-5-3-2-4-13(14)16(20)17-8-12-6-7-21-9-12/h2-5,12H,6-10H2,1H3,(H,17,20). The molecule has 1 aromatic carbocycles. The summed E-state index contributed by atoms with van der Waals surface area (Å²) in [4.78, 5) is 16.4. The van der Waals surface area contributed by atoms with Gasteiger partial charge in [-0.2, -0.15) is 4.98 Å². The summed E-state index contributed by atoms with van der Waals surface area (Å²) in [6.07, 6.45) is 0.982. The van der Waals surface area contributed by atoms with Crippen molar-refractivity contribution < 1.29 is 18.8 Å². The van der Waals surface area contributed by atoms with Gasteiger partial charge in [0.1, 0.15) is 5.75 Å². The Bertz CT molecular complexity index is 665. The number of amides is 1. The van der Waals surface area contributed by atoms with Crippen molar-refractivity contribution in [3.05, 3.63) is 41.5 Å². The molecule has 122 valence electrons. The molecule has 0 saturated carbocycles. The Morgan fingerprint density at radius 1 is 1.43 bits per heavy atom. The fraction of sp³-hybridized carbons (Fsp3) is 0.438. The number of ether oxygens (including phenoxy) is 2. The Balaban J connectivity index is 1.60. The van der Waals surface area contributed by atoms with Gasteiger partial charge in [0.15, 0.2) is 6.61 Å². The third-order valence-corrected chi connectivity index (χ3v) is 3.63. The zero-order valence-electron chi connectivity index (χ0n) is 12.9. The first-order valence-corrected chi connectivity index (χ1v) is 7.59. The van der Waals surface area contributed by atoms with Crippen molar-refractivity contribution in [3.8, 4) is 5.75 Å². The van der Waals surface area contributed by atoms with Crippen LogP contribution in [0.3, 0.4) is 0 Å². The lowest BCUT2D eigenvalue weighted by Gasteiger charge is -2.12. The maximum absolute atomic E-state index is 12.4. The molecule has 7 heteroatoms. The van der Waals surface area contributed by atoms with E-state index in [2.05, 4.69) is 15.5 Å². The second-order valence-corrected chi connectivity index (χ2v) is 5.45.